The van der Waals surface area contributed by atoms with Crippen LogP contribution in [-0.4, -0.2) is 51.9 Å². The number of benzene rings is 2. The third-order valence-electron chi connectivity index (χ3n) is 5.42. The van der Waals surface area contributed by atoms with Crippen LogP contribution in [0, 0.1) is 6.92 Å². The Kier molecular flexibility index (Phi) is 5.85. The number of hydrogen-bond donors (Lipinski definition) is 1. The summed E-state index contributed by atoms with van der Waals surface area (Å²) in [7, 11) is 0. The molecule has 1 aromatic heterocycles. The lowest BCUT2D eigenvalue weighted by atomic mass is 10.0. The number of rotatable bonds is 6. The van der Waals surface area contributed by atoms with Crippen LogP contribution in [0.5, 0.6) is 5.75 Å². The number of piperidine rings is 1. The van der Waals surface area contributed by atoms with E-state index in [1.807, 2.05) is 55.7 Å². The van der Waals surface area contributed by atoms with Gasteiger partial charge in [-0.05, 0) is 50.1 Å². The highest BCUT2D eigenvalue weighted by Crippen LogP contribution is 2.28. The van der Waals surface area contributed by atoms with Crippen molar-refractivity contribution in [2.75, 3.05) is 26.2 Å². The normalized spacial score (nSPS) is 17.1. The Morgan fingerprint density at radius 2 is 1.93 bits per heavy atom. The van der Waals surface area contributed by atoms with Gasteiger partial charge >= 0.3 is 0 Å². The maximum absolute atomic E-state index is 10.3. The molecule has 1 aliphatic heterocycles. The lowest BCUT2D eigenvalue weighted by molar-refractivity contribution is 0.0561. The van der Waals surface area contributed by atoms with Gasteiger partial charge < -0.3 is 19.3 Å². The van der Waals surface area contributed by atoms with Crippen molar-refractivity contribution in [3.63, 3.8) is 0 Å². The van der Waals surface area contributed by atoms with Crippen LogP contribution in [-0.2, 0) is 0 Å². The van der Waals surface area contributed by atoms with Crippen LogP contribution in [0.2, 0.25) is 5.02 Å². The maximum Gasteiger partial charge on any atom is 0.119 e. The van der Waals surface area contributed by atoms with E-state index in [9.17, 15) is 5.11 Å². The fraction of sp³-hybridized carbons (Fsp3) is 0.409. The molecule has 0 radical (unpaired) electrons. The quantitative estimate of drug-likeness (QED) is 0.678. The van der Waals surface area contributed by atoms with Gasteiger partial charge in [0.05, 0.1) is 17.4 Å². The second-order valence-corrected chi connectivity index (χ2v) is 8.03. The van der Waals surface area contributed by atoms with E-state index in [-0.39, 0.29) is 0 Å². The predicted molar refractivity (Wildman–Crippen MR) is 112 cm³/mol. The molecule has 0 spiro atoms. The lowest BCUT2D eigenvalue weighted by Gasteiger charge is -2.33. The highest BCUT2D eigenvalue weighted by Gasteiger charge is 2.23. The van der Waals surface area contributed by atoms with Gasteiger partial charge in [0.2, 0.25) is 0 Å². The Labute approximate surface area is 170 Å². The molecule has 0 aliphatic carbocycles. The number of aliphatic hydroxyl groups excluding tert-OH is 1. The maximum atomic E-state index is 10.3. The van der Waals surface area contributed by atoms with Crippen LogP contribution >= 0.6 is 11.6 Å². The molecule has 1 atom stereocenters. The van der Waals surface area contributed by atoms with E-state index >= 15 is 0 Å². The second kappa shape index (κ2) is 8.52. The number of aliphatic hydroxyl groups is 1. The van der Waals surface area contributed by atoms with Crippen molar-refractivity contribution in [2.45, 2.75) is 31.9 Å². The van der Waals surface area contributed by atoms with E-state index in [1.165, 1.54) is 5.56 Å². The van der Waals surface area contributed by atoms with Crippen LogP contribution in [0.15, 0.2) is 48.8 Å². The molecule has 4 rings (SSSR count). The topological polar surface area (TPSA) is 50.5 Å². The lowest BCUT2D eigenvalue weighted by Crippen LogP contribution is -2.41. The van der Waals surface area contributed by atoms with Gasteiger partial charge in [-0.15, -0.1) is 0 Å². The Bertz CT molecular complexity index is 917. The Morgan fingerprint density at radius 3 is 2.68 bits per heavy atom. The number of nitrogens with zero attached hydrogens (tertiary/aromatic N) is 3. The first kappa shape index (κ1) is 19.2. The van der Waals surface area contributed by atoms with Crippen molar-refractivity contribution < 1.29 is 9.84 Å². The summed E-state index contributed by atoms with van der Waals surface area (Å²) in [5, 5.41) is 11.1. The summed E-state index contributed by atoms with van der Waals surface area (Å²) < 4.78 is 7.97. The molecule has 1 N–H and O–H groups in total. The molecule has 28 heavy (non-hydrogen) atoms. The largest absolute Gasteiger partial charge is 0.491 e. The van der Waals surface area contributed by atoms with E-state index in [4.69, 9.17) is 16.3 Å². The van der Waals surface area contributed by atoms with Gasteiger partial charge in [-0.3, -0.25) is 0 Å². The van der Waals surface area contributed by atoms with Crippen molar-refractivity contribution in [2.24, 2.45) is 0 Å². The summed E-state index contributed by atoms with van der Waals surface area (Å²) in [5.41, 5.74) is 3.28. The highest BCUT2D eigenvalue weighted by atomic mass is 35.5. The van der Waals surface area contributed by atoms with Crippen molar-refractivity contribution in [1.82, 2.24) is 14.5 Å². The first-order chi connectivity index (χ1) is 13.6. The minimum Gasteiger partial charge on any atom is -0.491 e. The molecular formula is C22H26ClN3O2. The summed E-state index contributed by atoms with van der Waals surface area (Å²) in [6, 6.07) is 14.2. The van der Waals surface area contributed by atoms with Crippen molar-refractivity contribution in [1.29, 1.82) is 0 Å². The Balaban J connectivity index is 1.27. The zero-order valence-corrected chi connectivity index (χ0v) is 16.8. The molecule has 6 heteroatoms. The zero-order valence-electron chi connectivity index (χ0n) is 16.1. The number of ether oxygens (including phenoxy) is 1. The smallest absolute Gasteiger partial charge is 0.119 e. The predicted octanol–water partition coefficient (Wildman–Crippen LogP) is 4.07. The molecular weight excluding hydrogens is 374 g/mol. The average molecular weight is 400 g/mol. The van der Waals surface area contributed by atoms with E-state index in [0.717, 1.165) is 47.7 Å². The molecule has 5 nitrogen and oxygen atoms in total. The van der Waals surface area contributed by atoms with E-state index in [0.29, 0.717) is 19.2 Å². The number of β-amino-alcohol motifs (C(OH)–C–C–N with tert-alkyl or cyclic N) is 1. The molecule has 0 amide bonds. The fourth-order valence-electron chi connectivity index (χ4n) is 3.85. The number of imidazole rings is 1. The summed E-state index contributed by atoms with van der Waals surface area (Å²) in [5.74, 6) is 0.801. The number of fused-ring (bicyclic) bond motifs is 1. The monoisotopic (exact) mass is 399 g/mol. The minimum absolute atomic E-state index is 0.315. The number of aryl methyl sites for hydroxylation is 1. The van der Waals surface area contributed by atoms with Gasteiger partial charge in [0.1, 0.15) is 18.5 Å². The van der Waals surface area contributed by atoms with Crippen molar-refractivity contribution in [3.05, 3.63) is 59.4 Å². The average Bonchev–Trinajstić information content (AvgIpc) is 3.11. The second-order valence-electron chi connectivity index (χ2n) is 7.59. The molecule has 0 saturated carbocycles. The third kappa shape index (κ3) is 4.49. The van der Waals surface area contributed by atoms with Gasteiger partial charge in [-0.25, -0.2) is 4.98 Å². The van der Waals surface area contributed by atoms with Crippen LogP contribution in [0.3, 0.4) is 0 Å². The van der Waals surface area contributed by atoms with Crippen molar-refractivity contribution in [3.8, 4) is 5.75 Å². The van der Waals surface area contributed by atoms with E-state index in [2.05, 4.69) is 14.5 Å². The molecule has 3 aromatic rings. The number of aromatic nitrogens is 2. The van der Waals surface area contributed by atoms with Gasteiger partial charge in [-0.1, -0.05) is 29.3 Å². The third-order valence-corrected chi connectivity index (χ3v) is 5.65. The van der Waals surface area contributed by atoms with Crippen LogP contribution < -0.4 is 4.74 Å². The summed E-state index contributed by atoms with van der Waals surface area (Å²) in [6.45, 7) is 4.91. The first-order valence-electron chi connectivity index (χ1n) is 9.80. The summed E-state index contributed by atoms with van der Waals surface area (Å²) in [6.07, 6.45) is 3.51. The van der Waals surface area contributed by atoms with Crippen LogP contribution in [0.25, 0.3) is 11.0 Å². The zero-order chi connectivity index (χ0) is 19.5. The van der Waals surface area contributed by atoms with E-state index in [1.54, 1.807) is 0 Å². The first-order valence-corrected chi connectivity index (χ1v) is 10.2. The number of hydrogen-bond acceptors (Lipinski definition) is 4. The Hall–Kier alpha value is -2.08. The molecule has 1 saturated heterocycles. The minimum atomic E-state index is -0.492. The molecule has 1 aliphatic rings. The number of halogens is 1. The van der Waals surface area contributed by atoms with Gasteiger partial charge in [0.25, 0.3) is 0 Å². The SMILES string of the molecule is Cc1ccc(OCC(O)CN2CCC(n3cnc4cc(Cl)ccc43)CC2)cc1. The molecule has 1 fully saturated rings. The van der Waals surface area contributed by atoms with Gasteiger partial charge in [0, 0.05) is 30.7 Å². The highest BCUT2D eigenvalue weighted by molar-refractivity contribution is 6.31. The molecule has 1 unspecified atom stereocenters. The van der Waals surface area contributed by atoms with Gasteiger partial charge in [0.15, 0.2) is 0 Å². The Morgan fingerprint density at radius 1 is 1.18 bits per heavy atom. The molecule has 2 heterocycles. The standard InChI is InChI=1S/C22H26ClN3O2/c1-16-2-5-20(6-3-16)28-14-19(27)13-25-10-8-18(9-11-25)26-15-24-21-12-17(23)4-7-22(21)26/h2-7,12,15,18-19,27H,8-11,13-14H2,1H3. The van der Waals surface area contributed by atoms with Crippen LogP contribution in [0.4, 0.5) is 0 Å². The van der Waals surface area contributed by atoms with Crippen molar-refractivity contribution >= 4 is 22.6 Å². The summed E-state index contributed by atoms with van der Waals surface area (Å²) >= 11 is 6.06. The molecule has 0 bridgehead atoms. The van der Waals surface area contributed by atoms with E-state index < -0.39 is 6.10 Å². The molecule has 2 aromatic carbocycles. The summed E-state index contributed by atoms with van der Waals surface area (Å²) in [4.78, 5) is 6.80. The molecule has 148 valence electrons. The fourth-order valence-corrected chi connectivity index (χ4v) is 4.02. The van der Waals surface area contributed by atoms with Gasteiger partial charge in [-0.2, -0.15) is 0 Å². The number of likely N-dealkylation sites (tertiary alicyclic amines) is 1. The van der Waals surface area contributed by atoms with Crippen LogP contribution in [0.1, 0.15) is 24.4 Å².